The number of piperidine rings is 1. The van der Waals surface area contributed by atoms with E-state index in [1.807, 2.05) is 12.1 Å². The lowest BCUT2D eigenvalue weighted by molar-refractivity contribution is 0.262. The summed E-state index contributed by atoms with van der Waals surface area (Å²) in [5.41, 5.74) is 7.86. The molecule has 1 unspecified atom stereocenters. The summed E-state index contributed by atoms with van der Waals surface area (Å²) in [6.45, 7) is 1.36. The number of aliphatic hydroxyl groups is 1. The molecule has 1 saturated heterocycles. The van der Waals surface area contributed by atoms with Crippen molar-refractivity contribution in [2.75, 3.05) is 23.8 Å². The van der Waals surface area contributed by atoms with Gasteiger partial charge in [0, 0.05) is 28.5 Å². The van der Waals surface area contributed by atoms with E-state index in [-0.39, 0.29) is 6.61 Å². The zero-order valence-corrected chi connectivity index (χ0v) is 12.1. The summed E-state index contributed by atoms with van der Waals surface area (Å²) < 4.78 is 1.20. The van der Waals surface area contributed by atoms with Crippen molar-refractivity contribution in [2.24, 2.45) is 0 Å². The highest BCUT2D eigenvalue weighted by Gasteiger charge is 2.23. The minimum absolute atomic E-state index is 0.271. The predicted molar refractivity (Wildman–Crippen MR) is 80.3 cm³/mol. The molecule has 0 spiro atoms. The van der Waals surface area contributed by atoms with E-state index in [0.717, 1.165) is 18.7 Å². The van der Waals surface area contributed by atoms with Crippen LogP contribution in [-0.4, -0.2) is 24.3 Å². The van der Waals surface area contributed by atoms with Gasteiger partial charge < -0.3 is 15.7 Å². The molecule has 0 amide bonds. The quantitative estimate of drug-likeness (QED) is 0.654. The maximum absolute atomic E-state index is 9.15. The van der Waals surface area contributed by atoms with Gasteiger partial charge in [0.1, 0.15) is 0 Å². The van der Waals surface area contributed by atoms with Crippen LogP contribution in [0.25, 0.3) is 0 Å². The van der Waals surface area contributed by atoms with Crippen LogP contribution in [0.3, 0.4) is 0 Å². The number of rotatable bonds is 3. The number of aliphatic hydroxyl groups excluding tert-OH is 1. The van der Waals surface area contributed by atoms with Gasteiger partial charge in [-0.15, -0.1) is 0 Å². The van der Waals surface area contributed by atoms with Crippen molar-refractivity contribution in [3.63, 3.8) is 0 Å². The van der Waals surface area contributed by atoms with E-state index < -0.39 is 0 Å². The second-order valence-electron chi connectivity index (χ2n) is 4.57. The van der Waals surface area contributed by atoms with Crippen LogP contribution in [0.15, 0.2) is 18.2 Å². The van der Waals surface area contributed by atoms with E-state index in [9.17, 15) is 0 Å². The van der Waals surface area contributed by atoms with Gasteiger partial charge in [-0.2, -0.15) is 0 Å². The average Bonchev–Trinajstić information content (AvgIpc) is 2.31. The van der Waals surface area contributed by atoms with Crippen LogP contribution in [0.4, 0.5) is 11.4 Å². The summed E-state index contributed by atoms with van der Waals surface area (Å²) >= 11 is 2.34. The molecule has 0 aromatic heterocycles. The first-order valence-electron chi connectivity index (χ1n) is 6.15. The highest BCUT2D eigenvalue weighted by Crippen LogP contribution is 2.31. The Kier molecular flexibility index (Phi) is 4.50. The van der Waals surface area contributed by atoms with E-state index in [4.69, 9.17) is 10.8 Å². The van der Waals surface area contributed by atoms with Crippen LogP contribution in [0.2, 0.25) is 0 Å². The molecule has 1 aromatic rings. The second kappa shape index (κ2) is 5.91. The Labute approximate surface area is 116 Å². The summed E-state index contributed by atoms with van der Waals surface area (Å²) in [4.78, 5) is 2.43. The first kappa shape index (κ1) is 13.0. The number of nitrogen functional groups attached to an aromatic ring is 1. The Morgan fingerprint density at radius 2 is 2.24 bits per heavy atom. The fourth-order valence-corrected chi connectivity index (χ4v) is 3.37. The third-order valence-electron chi connectivity index (χ3n) is 3.37. The van der Waals surface area contributed by atoms with E-state index in [0.29, 0.717) is 6.04 Å². The molecule has 3 nitrogen and oxygen atoms in total. The summed E-state index contributed by atoms with van der Waals surface area (Å²) in [6.07, 6.45) is 4.55. The molecule has 3 N–H and O–H groups in total. The molecule has 1 fully saturated rings. The van der Waals surface area contributed by atoms with Crippen LogP contribution >= 0.6 is 22.6 Å². The number of benzene rings is 1. The summed E-state index contributed by atoms with van der Waals surface area (Å²) in [6, 6.07) is 6.56. The maximum atomic E-state index is 9.15. The van der Waals surface area contributed by atoms with Crippen molar-refractivity contribution in [2.45, 2.75) is 31.7 Å². The first-order valence-corrected chi connectivity index (χ1v) is 7.23. The Hall–Kier alpha value is -0.490. The maximum Gasteiger partial charge on any atom is 0.0505 e. The molecule has 17 heavy (non-hydrogen) atoms. The molecule has 0 bridgehead atoms. The van der Waals surface area contributed by atoms with Gasteiger partial charge in [-0.3, -0.25) is 0 Å². The normalized spacial score (nSPS) is 20.6. The van der Waals surface area contributed by atoms with E-state index in [1.165, 1.54) is 28.5 Å². The van der Waals surface area contributed by atoms with Crippen molar-refractivity contribution >= 4 is 34.0 Å². The minimum Gasteiger partial charge on any atom is -0.399 e. The molecule has 2 rings (SSSR count). The lowest BCUT2D eigenvalue weighted by Gasteiger charge is -2.38. The van der Waals surface area contributed by atoms with Gasteiger partial charge in [-0.25, -0.2) is 0 Å². The van der Waals surface area contributed by atoms with Crippen LogP contribution in [-0.2, 0) is 0 Å². The molecule has 1 atom stereocenters. The van der Waals surface area contributed by atoms with E-state index in [2.05, 4.69) is 33.6 Å². The van der Waals surface area contributed by atoms with Crippen molar-refractivity contribution < 1.29 is 5.11 Å². The fourth-order valence-electron chi connectivity index (χ4n) is 2.52. The third kappa shape index (κ3) is 3.04. The molecule has 1 aliphatic heterocycles. The Morgan fingerprint density at radius 1 is 1.41 bits per heavy atom. The smallest absolute Gasteiger partial charge is 0.0505 e. The van der Waals surface area contributed by atoms with E-state index in [1.54, 1.807) is 0 Å². The van der Waals surface area contributed by atoms with Crippen LogP contribution in [0, 0.1) is 3.57 Å². The summed E-state index contributed by atoms with van der Waals surface area (Å²) in [7, 11) is 0. The number of nitrogens with two attached hydrogens (primary N) is 1. The number of anilines is 2. The lowest BCUT2D eigenvalue weighted by atomic mass is 9.99. The molecular weight excluding hydrogens is 327 g/mol. The highest BCUT2D eigenvalue weighted by molar-refractivity contribution is 14.1. The zero-order chi connectivity index (χ0) is 12.3. The largest absolute Gasteiger partial charge is 0.399 e. The number of nitrogens with zero attached hydrogens (tertiary/aromatic N) is 1. The minimum atomic E-state index is 0.271. The van der Waals surface area contributed by atoms with Crippen molar-refractivity contribution in [3.8, 4) is 0 Å². The van der Waals surface area contributed by atoms with Crippen molar-refractivity contribution in [3.05, 3.63) is 21.8 Å². The second-order valence-corrected chi connectivity index (χ2v) is 5.73. The van der Waals surface area contributed by atoms with Crippen molar-refractivity contribution in [1.82, 2.24) is 0 Å². The summed E-state index contributed by atoms with van der Waals surface area (Å²) in [5, 5.41) is 9.15. The molecule has 94 valence electrons. The number of hydrogen-bond donors (Lipinski definition) is 2. The molecule has 0 radical (unpaired) electrons. The first-order chi connectivity index (χ1) is 8.22. The standard InChI is InChI=1S/C13H19IN2O/c14-12-9-10(15)4-5-13(12)16-7-2-1-3-11(16)6-8-17/h4-5,9,11,17H,1-3,6-8,15H2. The fraction of sp³-hybridized carbons (Fsp3) is 0.538. The highest BCUT2D eigenvalue weighted by atomic mass is 127. The molecule has 0 saturated carbocycles. The average molecular weight is 346 g/mol. The molecule has 1 aliphatic rings. The lowest BCUT2D eigenvalue weighted by Crippen LogP contribution is -2.40. The van der Waals surface area contributed by atoms with Crippen LogP contribution < -0.4 is 10.6 Å². The monoisotopic (exact) mass is 346 g/mol. The van der Waals surface area contributed by atoms with Gasteiger partial charge in [0.05, 0.1) is 5.69 Å². The predicted octanol–water partition coefficient (Wildman–Crippen LogP) is 2.61. The van der Waals surface area contributed by atoms with Gasteiger partial charge in [0.2, 0.25) is 0 Å². The molecule has 1 heterocycles. The SMILES string of the molecule is Nc1ccc(N2CCCCC2CCO)c(I)c1. The Morgan fingerprint density at radius 3 is 2.94 bits per heavy atom. The van der Waals surface area contributed by atoms with Crippen LogP contribution in [0.5, 0.6) is 0 Å². The molecule has 0 aliphatic carbocycles. The molecule has 1 aromatic carbocycles. The van der Waals surface area contributed by atoms with Gasteiger partial charge in [-0.1, -0.05) is 0 Å². The van der Waals surface area contributed by atoms with Gasteiger partial charge in [0.15, 0.2) is 0 Å². The topological polar surface area (TPSA) is 49.5 Å². The van der Waals surface area contributed by atoms with E-state index >= 15 is 0 Å². The third-order valence-corrected chi connectivity index (χ3v) is 4.23. The summed E-state index contributed by atoms with van der Waals surface area (Å²) in [5.74, 6) is 0. The number of halogens is 1. The molecular formula is C13H19IN2O. The van der Waals surface area contributed by atoms with Crippen LogP contribution in [0.1, 0.15) is 25.7 Å². The Bertz CT molecular complexity index is 382. The number of hydrogen-bond acceptors (Lipinski definition) is 3. The van der Waals surface area contributed by atoms with Gasteiger partial charge in [-0.05, 0) is 66.5 Å². The zero-order valence-electron chi connectivity index (χ0n) is 9.90. The molecule has 4 heteroatoms. The van der Waals surface area contributed by atoms with Crippen molar-refractivity contribution in [1.29, 1.82) is 0 Å². The van der Waals surface area contributed by atoms with Gasteiger partial charge in [0.25, 0.3) is 0 Å². The van der Waals surface area contributed by atoms with Gasteiger partial charge >= 0.3 is 0 Å². The Balaban J connectivity index is 2.23.